The molecule has 0 fully saturated rings. The van der Waals surface area contributed by atoms with E-state index in [1.807, 2.05) is 13.8 Å². The molecule has 0 bridgehead atoms. The van der Waals surface area contributed by atoms with E-state index < -0.39 is 0 Å². The Morgan fingerprint density at radius 3 is 2.19 bits per heavy atom. The number of rotatable bonds is 5. The molecule has 3 nitrogen and oxygen atoms in total. The van der Waals surface area contributed by atoms with Crippen LogP contribution in [0.25, 0.3) is 11.1 Å². The van der Waals surface area contributed by atoms with Gasteiger partial charge >= 0.3 is 0 Å². The van der Waals surface area contributed by atoms with Crippen molar-refractivity contribution in [3.8, 4) is 16.9 Å². The third-order valence-electron chi connectivity index (χ3n) is 6.19. The van der Waals surface area contributed by atoms with Crippen molar-refractivity contribution in [1.82, 2.24) is 0 Å². The summed E-state index contributed by atoms with van der Waals surface area (Å²) in [5, 5.41) is 0. The largest absolute Gasteiger partial charge is 0.490 e. The highest BCUT2D eigenvalue weighted by Gasteiger charge is 2.31. The lowest BCUT2D eigenvalue weighted by atomic mass is 9.96. The molecule has 168 valence electrons. The number of ether oxygens (including phenoxy) is 1. The van der Waals surface area contributed by atoms with Gasteiger partial charge in [0.2, 0.25) is 0 Å². The van der Waals surface area contributed by atoms with Crippen molar-refractivity contribution in [3.05, 3.63) is 65.0 Å². The van der Waals surface area contributed by atoms with E-state index in [-0.39, 0.29) is 11.9 Å². The van der Waals surface area contributed by atoms with Crippen molar-refractivity contribution < 1.29 is 9.13 Å². The molecule has 0 saturated carbocycles. The zero-order valence-corrected chi connectivity index (χ0v) is 20.2. The van der Waals surface area contributed by atoms with Gasteiger partial charge in [0.05, 0.1) is 28.9 Å². The quantitative estimate of drug-likeness (QED) is 0.408. The van der Waals surface area contributed by atoms with Crippen molar-refractivity contribution in [3.63, 3.8) is 0 Å². The molecule has 0 unspecified atom stereocenters. The topological polar surface area (TPSA) is 15.7 Å². The predicted molar refractivity (Wildman–Crippen MR) is 134 cm³/mol. The van der Waals surface area contributed by atoms with Gasteiger partial charge in [-0.1, -0.05) is 18.2 Å². The maximum Gasteiger partial charge on any atom is 0.128 e. The Morgan fingerprint density at radius 1 is 0.844 bits per heavy atom. The first-order valence-electron chi connectivity index (χ1n) is 11.5. The van der Waals surface area contributed by atoms with E-state index in [0.29, 0.717) is 5.56 Å². The van der Waals surface area contributed by atoms with E-state index in [2.05, 4.69) is 80.8 Å². The number of anilines is 4. The fourth-order valence-corrected chi connectivity index (χ4v) is 4.77. The molecule has 4 rings (SSSR count). The van der Waals surface area contributed by atoms with E-state index in [0.717, 1.165) is 58.3 Å². The van der Waals surface area contributed by atoms with Crippen molar-refractivity contribution in [2.24, 2.45) is 0 Å². The van der Waals surface area contributed by atoms with Gasteiger partial charge in [-0.15, -0.1) is 0 Å². The number of halogens is 1. The minimum absolute atomic E-state index is 0.100. The smallest absolute Gasteiger partial charge is 0.128 e. The van der Waals surface area contributed by atoms with Gasteiger partial charge in [-0.25, -0.2) is 4.39 Å². The second kappa shape index (κ2) is 8.50. The summed E-state index contributed by atoms with van der Waals surface area (Å²) >= 11 is 0. The van der Waals surface area contributed by atoms with Crippen LogP contribution < -0.4 is 14.5 Å². The number of benzene rings is 3. The van der Waals surface area contributed by atoms with Crippen LogP contribution >= 0.6 is 0 Å². The van der Waals surface area contributed by atoms with E-state index in [1.54, 1.807) is 6.07 Å². The Balaban J connectivity index is 1.93. The average Bonchev–Trinajstić information content (AvgIpc) is 2.75. The normalized spacial score (nSPS) is 12.8. The first-order valence-corrected chi connectivity index (χ1v) is 11.5. The predicted octanol–water partition coefficient (Wildman–Crippen LogP) is 7.83. The summed E-state index contributed by atoms with van der Waals surface area (Å²) in [7, 11) is 0. The lowest BCUT2D eigenvalue weighted by Gasteiger charge is -2.41. The Labute approximate surface area is 191 Å². The fourth-order valence-electron chi connectivity index (χ4n) is 4.77. The molecule has 0 radical (unpaired) electrons. The second-order valence-corrected chi connectivity index (χ2v) is 8.86. The average molecular weight is 433 g/mol. The molecule has 4 heteroatoms. The van der Waals surface area contributed by atoms with Gasteiger partial charge in [0.1, 0.15) is 11.6 Å². The van der Waals surface area contributed by atoms with Crippen LogP contribution in [0.3, 0.4) is 0 Å². The Bertz CT molecular complexity index is 1170. The monoisotopic (exact) mass is 432 g/mol. The molecule has 32 heavy (non-hydrogen) atoms. The summed E-state index contributed by atoms with van der Waals surface area (Å²) in [6, 6.07) is 14.6. The van der Waals surface area contributed by atoms with Crippen molar-refractivity contribution >= 4 is 22.7 Å². The molecule has 1 aliphatic heterocycles. The van der Waals surface area contributed by atoms with Crippen LogP contribution in [0.1, 0.15) is 44.4 Å². The highest BCUT2D eigenvalue weighted by atomic mass is 19.1. The molecular weight excluding hydrogens is 399 g/mol. The number of hydrogen-bond acceptors (Lipinski definition) is 3. The van der Waals surface area contributed by atoms with E-state index in [1.165, 1.54) is 5.56 Å². The van der Waals surface area contributed by atoms with Gasteiger partial charge in [0, 0.05) is 24.2 Å². The lowest BCUT2D eigenvalue weighted by Crippen LogP contribution is -2.31. The van der Waals surface area contributed by atoms with Crippen molar-refractivity contribution in [2.75, 3.05) is 22.9 Å². The summed E-state index contributed by atoms with van der Waals surface area (Å²) in [5.41, 5.74) is 9.37. The van der Waals surface area contributed by atoms with Gasteiger partial charge in [-0.3, -0.25) is 0 Å². The van der Waals surface area contributed by atoms with Crippen LogP contribution in [0.4, 0.5) is 27.1 Å². The SMILES string of the molecule is CCN1c2cc(-c3ccc(C)cc3OC(C)C)ccc2N(CC)c2c(C)c(F)cc(C)c21. The summed E-state index contributed by atoms with van der Waals surface area (Å²) in [5.74, 6) is 0.756. The molecule has 0 amide bonds. The molecule has 1 heterocycles. The molecule has 0 spiro atoms. The van der Waals surface area contributed by atoms with Gasteiger partial charge in [0.25, 0.3) is 0 Å². The van der Waals surface area contributed by atoms with E-state index in [9.17, 15) is 4.39 Å². The Morgan fingerprint density at radius 2 is 1.53 bits per heavy atom. The molecule has 3 aromatic rings. The number of nitrogens with zero attached hydrogens (tertiary/aromatic N) is 2. The first-order chi connectivity index (χ1) is 15.3. The fraction of sp³-hybridized carbons (Fsp3) is 0.357. The first kappa shape index (κ1) is 22.2. The molecule has 0 N–H and O–H groups in total. The van der Waals surface area contributed by atoms with Crippen molar-refractivity contribution in [2.45, 2.75) is 54.6 Å². The molecule has 0 atom stereocenters. The van der Waals surface area contributed by atoms with Crippen LogP contribution in [0.15, 0.2) is 42.5 Å². The standard InChI is InChI=1S/C28H33FN2O/c1-8-30-24-13-11-21(22-12-10-18(5)14-26(22)32-17(3)4)16-25(24)31(9-2)27-19(6)15-23(29)20(7)28(27)30/h10-17H,8-9H2,1-7H3. The highest BCUT2D eigenvalue weighted by Crippen LogP contribution is 2.52. The molecule has 0 aromatic heterocycles. The Hall–Kier alpha value is -3.01. The summed E-state index contributed by atoms with van der Waals surface area (Å²) in [6.45, 7) is 15.9. The molecule has 0 saturated heterocycles. The van der Waals surface area contributed by atoms with Crippen molar-refractivity contribution in [1.29, 1.82) is 0 Å². The van der Waals surface area contributed by atoms with Crippen LogP contribution in [0, 0.1) is 26.6 Å². The molecule has 3 aromatic carbocycles. The maximum absolute atomic E-state index is 14.7. The van der Waals surface area contributed by atoms with Crippen LogP contribution in [-0.2, 0) is 0 Å². The summed E-state index contributed by atoms with van der Waals surface area (Å²) < 4.78 is 20.9. The molecule has 1 aliphatic rings. The Kier molecular flexibility index (Phi) is 5.89. The van der Waals surface area contributed by atoms with E-state index in [4.69, 9.17) is 4.74 Å². The number of fused-ring (bicyclic) bond motifs is 2. The molecule has 0 aliphatic carbocycles. The van der Waals surface area contributed by atoms with Gasteiger partial charge in [-0.2, -0.15) is 0 Å². The van der Waals surface area contributed by atoms with E-state index >= 15 is 0 Å². The summed E-state index contributed by atoms with van der Waals surface area (Å²) in [4.78, 5) is 4.56. The summed E-state index contributed by atoms with van der Waals surface area (Å²) in [6.07, 6.45) is 0.100. The lowest BCUT2D eigenvalue weighted by molar-refractivity contribution is 0.243. The number of hydrogen-bond donors (Lipinski definition) is 0. The minimum atomic E-state index is -0.147. The van der Waals surface area contributed by atoms with Gasteiger partial charge in [0.15, 0.2) is 0 Å². The van der Waals surface area contributed by atoms with Gasteiger partial charge < -0.3 is 14.5 Å². The number of aryl methyl sites for hydroxylation is 2. The third kappa shape index (κ3) is 3.62. The zero-order chi connectivity index (χ0) is 23.2. The van der Waals surface area contributed by atoms with Crippen LogP contribution in [0.5, 0.6) is 5.75 Å². The minimum Gasteiger partial charge on any atom is -0.490 e. The maximum atomic E-state index is 14.7. The highest BCUT2D eigenvalue weighted by molar-refractivity contribution is 5.97. The van der Waals surface area contributed by atoms with Gasteiger partial charge in [-0.05, 0) is 89.4 Å². The molecular formula is C28H33FN2O. The third-order valence-corrected chi connectivity index (χ3v) is 6.19. The van der Waals surface area contributed by atoms with Crippen LogP contribution in [-0.4, -0.2) is 19.2 Å². The second-order valence-electron chi connectivity index (χ2n) is 8.86. The van der Waals surface area contributed by atoms with Crippen LogP contribution in [0.2, 0.25) is 0 Å². The zero-order valence-electron chi connectivity index (χ0n) is 20.2.